The Hall–Kier alpha value is -1.94. The maximum Gasteiger partial charge on any atom is 0.137 e. The highest BCUT2D eigenvalue weighted by molar-refractivity contribution is 7.80. The van der Waals surface area contributed by atoms with Gasteiger partial charge in [0.2, 0.25) is 0 Å². The molecule has 0 radical (unpaired) electrons. The summed E-state index contributed by atoms with van der Waals surface area (Å²) < 4.78 is 19.2. The zero-order valence-electron chi connectivity index (χ0n) is 10.7. The third-order valence-electron chi connectivity index (χ3n) is 2.77. The van der Waals surface area contributed by atoms with Gasteiger partial charge in [0.15, 0.2) is 0 Å². The largest absolute Gasteiger partial charge is 0.457 e. The molecule has 2 rings (SSSR count). The van der Waals surface area contributed by atoms with Crippen LogP contribution in [-0.4, -0.2) is 4.99 Å². The number of halogens is 1. The molecule has 0 fully saturated rings. The molecule has 0 spiro atoms. The fourth-order valence-electron chi connectivity index (χ4n) is 1.68. The van der Waals surface area contributed by atoms with Crippen LogP contribution in [0.25, 0.3) is 0 Å². The normalized spacial score (nSPS) is 10.3. The van der Waals surface area contributed by atoms with Crippen LogP contribution in [0, 0.1) is 19.7 Å². The Morgan fingerprint density at radius 3 is 2.53 bits per heavy atom. The maximum atomic E-state index is 13.5. The molecule has 0 aliphatic carbocycles. The fraction of sp³-hybridized carbons (Fsp3) is 0.133. The molecule has 0 aliphatic heterocycles. The smallest absolute Gasteiger partial charge is 0.137 e. The zero-order valence-corrected chi connectivity index (χ0v) is 11.6. The number of ether oxygens (including phenoxy) is 1. The molecule has 0 unspecified atom stereocenters. The lowest BCUT2D eigenvalue weighted by molar-refractivity contribution is 0.475. The van der Waals surface area contributed by atoms with Crippen molar-refractivity contribution in [2.24, 2.45) is 5.73 Å². The molecule has 0 saturated carbocycles. The minimum Gasteiger partial charge on any atom is -0.457 e. The standard InChI is InChI=1S/C15H14FNOS/c1-9-3-6-12(15(17)19)14(7-9)18-11-5-4-10(2)13(16)8-11/h3-8H,1-2H3,(H2,17,19). The quantitative estimate of drug-likeness (QED) is 0.864. The Bertz CT molecular complexity index is 640. The first kappa shape index (κ1) is 13.5. The van der Waals surface area contributed by atoms with E-state index in [0.717, 1.165) is 5.56 Å². The first-order chi connectivity index (χ1) is 8.97. The summed E-state index contributed by atoms with van der Waals surface area (Å²) in [5.41, 5.74) is 7.88. The molecule has 4 heteroatoms. The molecule has 2 N–H and O–H groups in total. The molecule has 0 atom stereocenters. The van der Waals surface area contributed by atoms with Gasteiger partial charge in [-0.2, -0.15) is 0 Å². The lowest BCUT2D eigenvalue weighted by atomic mass is 10.1. The number of hydrogen-bond donors (Lipinski definition) is 1. The van der Waals surface area contributed by atoms with E-state index >= 15 is 0 Å². The van der Waals surface area contributed by atoms with Crippen molar-refractivity contribution >= 4 is 17.2 Å². The molecular formula is C15H14FNOS. The molecule has 0 aliphatic rings. The number of aryl methyl sites for hydroxylation is 2. The number of rotatable bonds is 3. The first-order valence-corrected chi connectivity index (χ1v) is 6.22. The van der Waals surface area contributed by atoms with E-state index in [1.54, 1.807) is 25.1 Å². The second-order valence-corrected chi connectivity index (χ2v) is 4.82. The van der Waals surface area contributed by atoms with E-state index in [9.17, 15) is 4.39 Å². The van der Waals surface area contributed by atoms with Gasteiger partial charge in [0, 0.05) is 6.07 Å². The molecule has 98 valence electrons. The predicted molar refractivity (Wildman–Crippen MR) is 78.3 cm³/mol. The maximum absolute atomic E-state index is 13.5. The highest BCUT2D eigenvalue weighted by Crippen LogP contribution is 2.27. The van der Waals surface area contributed by atoms with Gasteiger partial charge in [0.1, 0.15) is 22.3 Å². The van der Waals surface area contributed by atoms with Gasteiger partial charge in [-0.15, -0.1) is 0 Å². The van der Waals surface area contributed by atoms with Gasteiger partial charge < -0.3 is 10.5 Å². The summed E-state index contributed by atoms with van der Waals surface area (Å²) in [7, 11) is 0. The van der Waals surface area contributed by atoms with Gasteiger partial charge in [-0.3, -0.25) is 0 Å². The second-order valence-electron chi connectivity index (χ2n) is 4.38. The third-order valence-corrected chi connectivity index (χ3v) is 2.99. The van der Waals surface area contributed by atoms with Crippen molar-refractivity contribution in [3.05, 3.63) is 58.9 Å². The van der Waals surface area contributed by atoms with Gasteiger partial charge >= 0.3 is 0 Å². The van der Waals surface area contributed by atoms with Crippen LogP contribution in [0.3, 0.4) is 0 Å². The summed E-state index contributed by atoms with van der Waals surface area (Å²) in [6.07, 6.45) is 0. The van der Waals surface area contributed by atoms with Crippen LogP contribution >= 0.6 is 12.2 Å². The lowest BCUT2D eigenvalue weighted by Gasteiger charge is -2.11. The van der Waals surface area contributed by atoms with Crippen LogP contribution in [0.4, 0.5) is 4.39 Å². The molecule has 2 aromatic carbocycles. The predicted octanol–water partition coefficient (Wildman–Crippen LogP) is 3.87. The van der Waals surface area contributed by atoms with E-state index in [1.165, 1.54) is 6.07 Å². The van der Waals surface area contributed by atoms with Crippen LogP contribution in [0.1, 0.15) is 16.7 Å². The van der Waals surface area contributed by atoms with E-state index in [2.05, 4.69) is 0 Å². The van der Waals surface area contributed by atoms with Crippen LogP contribution in [0.2, 0.25) is 0 Å². The van der Waals surface area contributed by atoms with Crippen molar-refractivity contribution < 1.29 is 9.13 Å². The molecule has 0 bridgehead atoms. The average molecular weight is 275 g/mol. The van der Waals surface area contributed by atoms with Crippen LogP contribution in [0.15, 0.2) is 36.4 Å². The number of nitrogens with two attached hydrogens (primary N) is 1. The van der Waals surface area contributed by atoms with Gasteiger partial charge in [-0.05, 0) is 43.2 Å². The highest BCUT2D eigenvalue weighted by atomic mass is 32.1. The molecule has 2 aromatic rings. The summed E-state index contributed by atoms with van der Waals surface area (Å²) in [5, 5.41) is 0. The van der Waals surface area contributed by atoms with Crippen LogP contribution in [-0.2, 0) is 0 Å². The summed E-state index contributed by atoms with van der Waals surface area (Å²) in [5.74, 6) is 0.656. The Morgan fingerprint density at radius 1 is 1.16 bits per heavy atom. The molecule has 0 heterocycles. The first-order valence-electron chi connectivity index (χ1n) is 5.82. The Labute approximate surface area is 117 Å². The molecule has 2 nitrogen and oxygen atoms in total. The topological polar surface area (TPSA) is 35.2 Å². The summed E-state index contributed by atoms with van der Waals surface area (Å²) in [6, 6.07) is 10.3. The van der Waals surface area contributed by atoms with Crippen molar-refractivity contribution in [1.29, 1.82) is 0 Å². The Kier molecular flexibility index (Phi) is 3.81. The lowest BCUT2D eigenvalue weighted by Crippen LogP contribution is -2.10. The van der Waals surface area contributed by atoms with Gasteiger partial charge in [0.05, 0.1) is 5.56 Å². The second kappa shape index (κ2) is 5.36. The molecule has 0 saturated heterocycles. The summed E-state index contributed by atoms with van der Waals surface area (Å²) >= 11 is 4.98. The number of hydrogen-bond acceptors (Lipinski definition) is 2. The Morgan fingerprint density at radius 2 is 1.89 bits per heavy atom. The number of thiocarbonyl (C=S) groups is 1. The highest BCUT2D eigenvalue weighted by Gasteiger charge is 2.09. The zero-order chi connectivity index (χ0) is 14.0. The molecule has 0 amide bonds. The van der Waals surface area contributed by atoms with Crippen LogP contribution in [0.5, 0.6) is 11.5 Å². The molecular weight excluding hydrogens is 261 g/mol. The molecule has 0 aromatic heterocycles. The number of benzene rings is 2. The van der Waals surface area contributed by atoms with Crippen molar-refractivity contribution in [1.82, 2.24) is 0 Å². The van der Waals surface area contributed by atoms with Crippen molar-refractivity contribution in [2.45, 2.75) is 13.8 Å². The van der Waals surface area contributed by atoms with Crippen molar-refractivity contribution in [3.63, 3.8) is 0 Å². The SMILES string of the molecule is Cc1ccc(C(N)=S)c(Oc2ccc(C)c(F)c2)c1. The van der Waals surface area contributed by atoms with Gasteiger partial charge in [-0.25, -0.2) is 4.39 Å². The third kappa shape index (κ3) is 3.09. The van der Waals surface area contributed by atoms with E-state index in [0.29, 0.717) is 22.6 Å². The fourth-order valence-corrected chi connectivity index (χ4v) is 1.85. The monoisotopic (exact) mass is 275 g/mol. The van der Waals surface area contributed by atoms with Crippen molar-refractivity contribution in [3.8, 4) is 11.5 Å². The Balaban J connectivity index is 2.39. The van der Waals surface area contributed by atoms with E-state index < -0.39 is 0 Å². The van der Waals surface area contributed by atoms with E-state index in [4.69, 9.17) is 22.7 Å². The van der Waals surface area contributed by atoms with Crippen molar-refractivity contribution in [2.75, 3.05) is 0 Å². The molecule has 19 heavy (non-hydrogen) atoms. The van der Waals surface area contributed by atoms with E-state index in [1.807, 2.05) is 19.1 Å². The minimum atomic E-state index is -0.304. The van der Waals surface area contributed by atoms with Gasteiger partial charge in [0.25, 0.3) is 0 Å². The summed E-state index contributed by atoms with van der Waals surface area (Å²) in [6.45, 7) is 3.64. The van der Waals surface area contributed by atoms with Gasteiger partial charge in [-0.1, -0.05) is 24.4 Å². The van der Waals surface area contributed by atoms with E-state index in [-0.39, 0.29) is 10.8 Å². The minimum absolute atomic E-state index is 0.252. The average Bonchev–Trinajstić information content (AvgIpc) is 2.33. The summed E-state index contributed by atoms with van der Waals surface area (Å²) in [4.78, 5) is 0.252. The van der Waals surface area contributed by atoms with Crippen LogP contribution < -0.4 is 10.5 Å².